The Kier molecular flexibility index (Phi) is 6.77. The van der Waals surface area contributed by atoms with Crippen molar-refractivity contribution >= 4 is 40.4 Å². The monoisotopic (exact) mass is 300 g/mol. The van der Waals surface area contributed by atoms with Gasteiger partial charge in [-0.05, 0) is 24.6 Å². The molecule has 0 radical (unpaired) electrons. The van der Waals surface area contributed by atoms with Gasteiger partial charge in [-0.3, -0.25) is 4.79 Å². The number of carbonyl (C=O) groups excluding carboxylic acids is 1. The summed E-state index contributed by atoms with van der Waals surface area (Å²) in [6.45, 7) is 3.09. The molecule has 1 amide bonds. The summed E-state index contributed by atoms with van der Waals surface area (Å²) in [4.78, 5) is 11.9. The van der Waals surface area contributed by atoms with E-state index >= 15 is 0 Å². The molecule has 6 heteroatoms. The molecule has 0 unspecified atom stereocenters. The van der Waals surface area contributed by atoms with Crippen LogP contribution in [0.2, 0.25) is 5.02 Å². The van der Waals surface area contributed by atoms with Gasteiger partial charge in [0.25, 0.3) is 0 Å². The number of hydrogen-bond acceptors (Lipinski definition) is 3. The fourth-order valence-electron chi connectivity index (χ4n) is 1.39. The molecule has 3 N–H and O–H groups in total. The Morgan fingerprint density at radius 3 is 2.79 bits per heavy atom. The van der Waals surface area contributed by atoms with Gasteiger partial charge in [-0.2, -0.15) is 0 Å². The van der Waals surface area contributed by atoms with Gasteiger partial charge < -0.3 is 15.8 Å². The average Bonchev–Trinajstić information content (AvgIpc) is 2.37. The first kappa shape index (κ1) is 15.9. The molecule has 0 saturated carbocycles. The molecule has 1 aromatic carbocycles. The Bertz CT molecular complexity index is 466. The third-order valence-electron chi connectivity index (χ3n) is 2.35. The number of halogens is 1. The number of amides is 1. The highest BCUT2D eigenvalue weighted by Gasteiger charge is 2.07. The zero-order valence-electron chi connectivity index (χ0n) is 10.7. The first-order valence-electron chi connectivity index (χ1n) is 6.01. The minimum atomic E-state index is -0.138. The van der Waals surface area contributed by atoms with Gasteiger partial charge in [0, 0.05) is 12.2 Å². The first-order valence-corrected chi connectivity index (χ1v) is 6.80. The number of ether oxygens (including phenoxy) is 1. The van der Waals surface area contributed by atoms with Crippen molar-refractivity contribution in [3.8, 4) is 0 Å². The van der Waals surface area contributed by atoms with Crippen LogP contribution in [0.4, 0.5) is 5.69 Å². The van der Waals surface area contributed by atoms with Crippen LogP contribution in [0.25, 0.3) is 0 Å². The second kappa shape index (κ2) is 8.09. The van der Waals surface area contributed by atoms with Crippen molar-refractivity contribution in [1.82, 2.24) is 0 Å². The summed E-state index contributed by atoms with van der Waals surface area (Å²) in [6, 6.07) is 5.03. The van der Waals surface area contributed by atoms with Gasteiger partial charge in [0.05, 0.1) is 23.7 Å². The smallest absolute Gasteiger partial charge is 0.226 e. The second-order valence-electron chi connectivity index (χ2n) is 3.97. The maximum atomic E-state index is 11.6. The molecule has 4 nitrogen and oxygen atoms in total. The molecule has 0 aromatic heterocycles. The molecule has 0 aliphatic heterocycles. The highest BCUT2D eigenvalue weighted by atomic mass is 35.5. The molecule has 1 aromatic rings. The van der Waals surface area contributed by atoms with Crippen LogP contribution < -0.4 is 11.1 Å². The fraction of sp³-hybridized carbons (Fsp3) is 0.385. The highest BCUT2D eigenvalue weighted by molar-refractivity contribution is 7.80. The minimum absolute atomic E-state index is 0.138. The molecule has 0 aliphatic carbocycles. The molecule has 0 aliphatic rings. The number of rotatable bonds is 7. The van der Waals surface area contributed by atoms with Gasteiger partial charge >= 0.3 is 0 Å². The van der Waals surface area contributed by atoms with E-state index < -0.39 is 0 Å². The summed E-state index contributed by atoms with van der Waals surface area (Å²) in [6.07, 6.45) is 1.24. The van der Waals surface area contributed by atoms with E-state index in [0.29, 0.717) is 35.9 Å². The Balaban J connectivity index is 2.52. The molecule has 1 rings (SSSR count). The lowest BCUT2D eigenvalue weighted by atomic mass is 10.2. The molecule has 104 valence electrons. The molecule has 0 saturated heterocycles. The number of hydrogen-bond donors (Lipinski definition) is 2. The lowest BCUT2D eigenvalue weighted by Gasteiger charge is -2.09. The van der Waals surface area contributed by atoms with E-state index in [1.165, 1.54) is 0 Å². The number of carbonyl (C=O) groups is 1. The van der Waals surface area contributed by atoms with Crippen LogP contribution in [0.5, 0.6) is 0 Å². The van der Waals surface area contributed by atoms with E-state index in [2.05, 4.69) is 5.32 Å². The van der Waals surface area contributed by atoms with E-state index in [1.54, 1.807) is 18.2 Å². The number of nitrogens with one attached hydrogen (secondary N) is 1. The van der Waals surface area contributed by atoms with Crippen molar-refractivity contribution in [3.63, 3.8) is 0 Å². The number of nitrogens with two attached hydrogens (primary N) is 1. The van der Waals surface area contributed by atoms with E-state index in [-0.39, 0.29) is 10.9 Å². The van der Waals surface area contributed by atoms with Crippen LogP contribution >= 0.6 is 23.8 Å². The third-order valence-corrected chi connectivity index (χ3v) is 2.90. The van der Waals surface area contributed by atoms with Crippen LogP contribution in [0.15, 0.2) is 18.2 Å². The quantitative estimate of drug-likeness (QED) is 0.600. The van der Waals surface area contributed by atoms with Crippen molar-refractivity contribution < 1.29 is 9.53 Å². The largest absolute Gasteiger partial charge is 0.389 e. The topological polar surface area (TPSA) is 64.3 Å². The Morgan fingerprint density at radius 2 is 2.21 bits per heavy atom. The molecular weight excluding hydrogens is 284 g/mol. The maximum Gasteiger partial charge on any atom is 0.226 e. The molecular formula is C13H17ClN2O2S. The highest BCUT2D eigenvalue weighted by Crippen LogP contribution is 2.23. The maximum absolute atomic E-state index is 11.6. The summed E-state index contributed by atoms with van der Waals surface area (Å²) in [5.74, 6) is -0.138. The lowest BCUT2D eigenvalue weighted by molar-refractivity contribution is -0.117. The van der Waals surface area contributed by atoms with Crippen molar-refractivity contribution in [1.29, 1.82) is 0 Å². The minimum Gasteiger partial charge on any atom is -0.389 e. The Labute approximate surface area is 123 Å². The van der Waals surface area contributed by atoms with Gasteiger partial charge in [0.2, 0.25) is 5.91 Å². The fourth-order valence-corrected chi connectivity index (χ4v) is 1.75. The van der Waals surface area contributed by atoms with Gasteiger partial charge in [0.1, 0.15) is 4.99 Å². The number of thiocarbonyl (C=S) groups is 1. The predicted molar refractivity (Wildman–Crippen MR) is 81.7 cm³/mol. The summed E-state index contributed by atoms with van der Waals surface area (Å²) >= 11 is 10.9. The summed E-state index contributed by atoms with van der Waals surface area (Å²) in [7, 11) is 0. The van der Waals surface area contributed by atoms with Gasteiger partial charge in [0.15, 0.2) is 0 Å². The summed E-state index contributed by atoms with van der Waals surface area (Å²) in [5.41, 5.74) is 6.71. The number of anilines is 1. The molecule has 0 bridgehead atoms. The Morgan fingerprint density at radius 1 is 1.47 bits per heavy atom. The standard InChI is InChI=1S/C13H17ClN2O2S/c1-2-6-18-7-5-12(17)16-11-4-3-9(13(15)19)8-10(11)14/h3-4,8H,2,5-7H2,1H3,(H2,15,19)(H,16,17). The SMILES string of the molecule is CCCOCCC(=O)Nc1ccc(C(N)=S)cc1Cl. The van der Waals surface area contributed by atoms with Crippen molar-refractivity contribution in [2.24, 2.45) is 5.73 Å². The van der Waals surface area contributed by atoms with Gasteiger partial charge in [-0.15, -0.1) is 0 Å². The molecule has 0 atom stereocenters. The van der Waals surface area contributed by atoms with Crippen molar-refractivity contribution in [2.75, 3.05) is 18.5 Å². The van der Waals surface area contributed by atoms with Crippen LogP contribution in [0.1, 0.15) is 25.3 Å². The van der Waals surface area contributed by atoms with Crippen LogP contribution in [0, 0.1) is 0 Å². The number of benzene rings is 1. The Hall–Kier alpha value is -1.17. The van der Waals surface area contributed by atoms with Crippen molar-refractivity contribution in [3.05, 3.63) is 28.8 Å². The second-order valence-corrected chi connectivity index (χ2v) is 4.82. The van der Waals surface area contributed by atoms with Gasteiger partial charge in [-0.25, -0.2) is 0 Å². The van der Waals surface area contributed by atoms with E-state index in [4.69, 9.17) is 34.3 Å². The van der Waals surface area contributed by atoms with Gasteiger partial charge in [-0.1, -0.05) is 30.7 Å². The van der Waals surface area contributed by atoms with E-state index in [9.17, 15) is 4.79 Å². The van der Waals surface area contributed by atoms with Crippen LogP contribution in [-0.4, -0.2) is 24.1 Å². The summed E-state index contributed by atoms with van der Waals surface area (Å²) < 4.78 is 5.24. The summed E-state index contributed by atoms with van der Waals surface area (Å²) in [5, 5.41) is 3.13. The molecule has 0 spiro atoms. The normalized spacial score (nSPS) is 10.2. The third kappa shape index (κ3) is 5.55. The first-order chi connectivity index (χ1) is 9.04. The van der Waals surface area contributed by atoms with Crippen LogP contribution in [0.3, 0.4) is 0 Å². The zero-order valence-corrected chi connectivity index (χ0v) is 12.3. The molecule has 0 heterocycles. The molecule has 0 fully saturated rings. The average molecular weight is 301 g/mol. The zero-order chi connectivity index (χ0) is 14.3. The van der Waals surface area contributed by atoms with Crippen molar-refractivity contribution in [2.45, 2.75) is 19.8 Å². The lowest BCUT2D eigenvalue weighted by Crippen LogP contribution is -2.15. The molecule has 19 heavy (non-hydrogen) atoms. The predicted octanol–water partition coefficient (Wildman–Crippen LogP) is 2.73. The van der Waals surface area contributed by atoms with Crippen LogP contribution in [-0.2, 0) is 9.53 Å². The van der Waals surface area contributed by atoms with E-state index in [0.717, 1.165) is 6.42 Å². The van der Waals surface area contributed by atoms with E-state index in [1.807, 2.05) is 6.92 Å².